The molecule has 60 heavy (non-hydrogen) atoms. The third-order valence-corrected chi connectivity index (χ3v) is 16.2. The molecule has 1 N–H and O–H groups in total. The molecule has 14 heteroatoms. The fourth-order valence-corrected chi connectivity index (χ4v) is 8.78. The summed E-state index contributed by atoms with van der Waals surface area (Å²) < 4.78 is 64.9. The van der Waals surface area contributed by atoms with E-state index in [9.17, 15) is 14.7 Å². The minimum absolute atomic E-state index is 0.0124. The van der Waals surface area contributed by atoms with Crippen LogP contribution in [-0.2, 0) is 47.1 Å². The van der Waals surface area contributed by atoms with E-state index in [-0.39, 0.29) is 23.8 Å². The molecule has 12 atom stereocenters. The summed E-state index contributed by atoms with van der Waals surface area (Å²) in [5, 5.41) is 11.9. The lowest BCUT2D eigenvalue weighted by Gasteiger charge is -2.53. The van der Waals surface area contributed by atoms with Gasteiger partial charge in [-0.05, 0) is 42.4 Å². The first-order valence-corrected chi connectivity index (χ1v) is 23.3. The number of hydrogen-bond acceptors (Lipinski definition) is 13. The lowest BCUT2D eigenvalue weighted by molar-refractivity contribution is -0.399. The molecule has 4 aromatic rings. The van der Waals surface area contributed by atoms with E-state index in [0.717, 1.165) is 11.1 Å². The van der Waals surface area contributed by atoms with Gasteiger partial charge in [-0.2, -0.15) is 0 Å². The van der Waals surface area contributed by atoms with E-state index in [1.807, 2.05) is 60.7 Å². The van der Waals surface area contributed by atoms with Gasteiger partial charge in [0, 0.05) is 11.1 Å². The minimum atomic E-state index is -2.67. The molecule has 0 spiro atoms. The van der Waals surface area contributed by atoms with Crippen molar-refractivity contribution in [2.75, 3.05) is 13.2 Å². The molecule has 2 unspecified atom stereocenters. The van der Waals surface area contributed by atoms with Crippen LogP contribution in [0.1, 0.15) is 65.2 Å². The second kappa shape index (κ2) is 18.0. The maximum atomic E-state index is 14.1. The molecule has 13 nitrogen and oxygen atoms in total. The molecule has 4 saturated heterocycles. The van der Waals surface area contributed by atoms with Gasteiger partial charge in [0.2, 0.25) is 6.29 Å². The number of rotatable bonds is 10. The molecule has 0 aliphatic carbocycles. The average molecular weight is 841 g/mol. The van der Waals surface area contributed by atoms with Gasteiger partial charge in [-0.25, -0.2) is 9.59 Å². The zero-order chi connectivity index (χ0) is 42.0. The molecule has 4 aromatic carbocycles. The van der Waals surface area contributed by atoms with Crippen LogP contribution in [0, 0.1) is 0 Å². The number of aliphatic hydroxyl groups is 1. The first-order chi connectivity index (χ1) is 28.9. The van der Waals surface area contributed by atoms with E-state index < -0.39 is 94.2 Å². The Hall–Kier alpha value is -4.32. The van der Waals surface area contributed by atoms with Crippen LogP contribution in [0.25, 0.3) is 0 Å². The summed E-state index contributed by atoms with van der Waals surface area (Å²) in [5.41, 5.74) is 2.10. The van der Waals surface area contributed by atoms with Crippen LogP contribution in [0.15, 0.2) is 121 Å². The Morgan fingerprint density at radius 1 is 0.583 bits per heavy atom. The highest BCUT2D eigenvalue weighted by atomic mass is 28.4. The lowest BCUT2D eigenvalue weighted by Crippen LogP contribution is -2.69. The predicted molar refractivity (Wildman–Crippen MR) is 218 cm³/mol. The van der Waals surface area contributed by atoms with Gasteiger partial charge in [0.1, 0.15) is 42.7 Å². The van der Waals surface area contributed by atoms with Crippen molar-refractivity contribution in [2.45, 2.75) is 113 Å². The van der Waals surface area contributed by atoms with Crippen molar-refractivity contribution in [3.05, 3.63) is 144 Å². The first kappa shape index (κ1) is 42.4. The second-order valence-electron chi connectivity index (χ2n) is 16.9. The first-order valence-electron chi connectivity index (χ1n) is 20.3. The molecule has 318 valence electrons. The molecule has 0 saturated carbocycles. The molecule has 0 bridgehead atoms. The summed E-state index contributed by atoms with van der Waals surface area (Å²) in [7, 11) is -2.67. The number of carbonyl (C=O) groups excluding carboxylic acids is 2. The molecule has 4 fully saturated rings. The Morgan fingerprint density at radius 2 is 1.02 bits per heavy atom. The molecule has 8 rings (SSSR count). The van der Waals surface area contributed by atoms with E-state index in [2.05, 4.69) is 33.9 Å². The fraction of sp³-hybridized carbons (Fsp3) is 0.435. The normalized spacial score (nSPS) is 31.9. The smallest absolute Gasteiger partial charge is 0.340 e. The Balaban J connectivity index is 1.17. The molecule has 0 radical (unpaired) electrons. The molecular formula is C46H52O13Si. The molecule has 4 aliphatic heterocycles. The molecule has 4 aliphatic rings. The largest absolute Gasteiger partial charge is 0.450 e. The summed E-state index contributed by atoms with van der Waals surface area (Å²) in [6, 6.07) is 35.9. The van der Waals surface area contributed by atoms with Crippen molar-refractivity contribution in [1.82, 2.24) is 0 Å². The highest BCUT2D eigenvalue weighted by Crippen LogP contribution is 2.44. The number of aliphatic hydroxyl groups excluding tert-OH is 1. The van der Waals surface area contributed by atoms with Crippen LogP contribution in [0.4, 0.5) is 0 Å². The summed E-state index contributed by atoms with van der Waals surface area (Å²) in [5.74, 6) is -1.35. The summed E-state index contributed by atoms with van der Waals surface area (Å²) in [4.78, 5) is 27.5. The van der Waals surface area contributed by atoms with E-state index in [4.69, 9.17) is 47.1 Å². The maximum absolute atomic E-state index is 14.1. The Morgan fingerprint density at radius 3 is 1.50 bits per heavy atom. The number of fused-ring (bicyclic) bond motifs is 2. The van der Waals surface area contributed by atoms with Gasteiger partial charge in [0.05, 0.1) is 24.3 Å². The van der Waals surface area contributed by atoms with Gasteiger partial charge in [0.25, 0.3) is 0 Å². The van der Waals surface area contributed by atoms with Crippen LogP contribution in [0.2, 0.25) is 18.1 Å². The van der Waals surface area contributed by atoms with Gasteiger partial charge < -0.3 is 52.2 Å². The third-order valence-electron chi connectivity index (χ3n) is 11.7. The standard InChI is InChI=1S/C46H52O13Si/c1-46(2,3)60(4,5)59-38-36-33(27-51-43(56-36)31-24-16-9-17-25-31)53-45(39(38)54-40(48)28-18-10-6-11-19-28)57-37-34(47)44(58-41(49)29-20-12-7-13-21-29)52-32-26-50-42(55-35(32)37)30-22-14-8-15-23-30/h6-25,32-39,42-45,47H,26-27H2,1-5H3/t32-,33-,34-,35-,36-,37-,38+,39-,42?,43?,44-,45+/m1/s1. The number of ether oxygens (including phenoxy) is 9. The quantitative estimate of drug-likeness (QED) is 0.131. The van der Waals surface area contributed by atoms with E-state index in [1.165, 1.54) is 0 Å². The van der Waals surface area contributed by atoms with Crippen LogP contribution in [0.5, 0.6) is 0 Å². The van der Waals surface area contributed by atoms with Crippen LogP contribution >= 0.6 is 0 Å². The summed E-state index contributed by atoms with van der Waals surface area (Å²) in [6.45, 7) is 10.7. The monoisotopic (exact) mass is 840 g/mol. The van der Waals surface area contributed by atoms with Crippen molar-refractivity contribution in [3.63, 3.8) is 0 Å². The van der Waals surface area contributed by atoms with E-state index in [0.29, 0.717) is 5.56 Å². The molecular weight excluding hydrogens is 789 g/mol. The maximum Gasteiger partial charge on any atom is 0.340 e. The van der Waals surface area contributed by atoms with Crippen molar-refractivity contribution in [2.24, 2.45) is 0 Å². The van der Waals surface area contributed by atoms with Crippen molar-refractivity contribution in [3.8, 4) is 0 Å². The van der Waals surface area contributed by atoms with Crippen LogP contribution < -0.4 is 0 Å². The Bertz CT molecular complexity index is 2030. The minimum Gasteiger partial charge on any atom is -0.450 e. The van der Waals surface area contributed by atoms with Gasteiger partial charge in [0.15, 0.2) is 33.3 Å². The number of benzene rings is 4. The zero-order valence-corrected chi connectivity index (χ0v) is 35.2. The SMILES string of the molecule is CC(C)(C)[Si](C)(C)O[C@@H]1[C@@H](OC(=O)c2ccccc2)[C@H](O[C@@H]2[C@@H](O)[C@@H](OC(=O)c3ccccc3)O[C@@H]3COC(c4ccccc4)O[C@@H]23)O[C@@H]2COC(c3ccccc3)O[C@@H]12. The van der Waals surface area contributed by atoms with Crippen LogP contribution in [-0.4, -0.2) is 100.0 Å². The number of esters is 2. The Kier molecular flexibility index (Phi) is 12.7. The number of carbonyl (C=O) groups is 2. The number of hydrogen-bond donors (Lipinski definition) is 1. The van der Waals surface area contributed by atoms with E-state index >= 15 is 0 Å². The highest BCUT2D eigenvalue weighted by Gasteiger charge is 2.59. The van der Waals surface area contributed by atoms with Crippen molar-refractivity contribution < 1.29 is 61.8 Å². The Labute approximate surface area is 350 Å². The summed E-state index contributed by atoms with van der Waals surface area (Å²) >= 11 is 0. The van der Waals surface area contributed by atoms with Gasteiger partial charge in [-0.1, -0.05) is 118 Å². The van der Waals surface area contributed by atoms with Crippen molar-refractivity contribution >= 4 is 20.3 Å². The second-order valence-corrected chi connectivity index (χ2v) is 21.6. The fourth-order valence-electron chi connectivity index (χ4n) is 7.48. The van der Waals surface area contributed by atoms with Crippen LogP contribution in [0.3, 0.4) is 0 Å². The lowest BCUT2D eigenvalue weighted by atomic mass is 9.95. The summed E-state index contributed by atoms with van der Waals surface area (Å²) in [6.07, 6.45) is -12.9. The van der Waals surface area contributed by atoms with Gasteiger partial charge in [-0.15, -0.1) is 0 Å². The molecule has 4 heterocycles. The third kappa shape index (κ3) is 9.14. The van der Waals surface area contributed by atoms with E-state index in [1.54, 1.807) is 60.7 Å². The van der Waals surface area contributed by atoms with Crippen molar-refractivity contribution in [1.29, 1.82) is 0 Å². The molecule has 0 aromatic heterocycles. The topological polar surface area (TPSA) is 147 Å². The highest BCUT2D eigenvalue weighted by molar-refractivity contribution is 6.74. The van der Waals surface area contributed by atoms with Gasteiger partial charge in [-0.3, -0.25) is 0 Å². The van der Waals surface area contributed by atoms with Gasteiger partial charge >= 0.3 is 11.9 Å². The predicted octanol–water partition coefficient (Wildman–Crippen LogP) is 6.88. The zero-order valence-electron chi connectivity index (χ0n) is 34.2. The molecule has 0 amide bonds. The average Bonchev–Trinajstić information content (AvgIpc) is 3.26.